The maximum atomic E-state index is 5.18. The molecule has 1 N–H and O–H groups in total. The van der Waals surface area contributed by atoms with E-state index in [1.54, 1.807) is 0 Å². The summed E-state index contributed by atoms with van der Waals surface area (Å²) in [4.78, 5) is 0. The van der Waals surface area contributed by atoms with Crippen LogP contribution in [0.15, 0.2) is 0 Å². The van der Waals surface area contributed by atoms with Gasteiger partial charge in [0.1, 0.15) is 0 Å². The summed E-state index contributed by atoms with van der Waals surface area (Å²) in [6, 6.07) is 0.813. The van der Waals surface area contributed by atoms with Gasteiger partial charge in [-0.05, 0) is 37.5 Å². The van der Waals surface area contributed by atoms with Crippen molar-refractivity contribution in [2.75, 3.05) is 25.5 Å². The molecule has 3 heteroatoms. The molecular weight excluding hydrogens is 206 g/mol. The first-order chi connectivity index (χ1) is 7.40. The van der Waals surface area contributed by atoms with E-state index in [9.17, 15) is 0 Å². The fourth-order valence-electron chi connectivity index (χ4n) is 2.61. The smallest absolute Gasteiger partial charge is 0.0607 e. The highest BCUT2D eigenvalue weighted by Gasteiger charge is 2.26. The molecule has 0 aromatic rings. The molecule has 1 saturated heterocycles. The molecule has 2 rings (SSSR count). The summed E-state index contributed by atoms with van der Waals surface area (Å²) in [5.74, 6) is 2.28. The second kappa shape index (κ2) is 6.12. The summed E-state index contributed by atoms with van der Waals surface area (Å²) in [6.45, 7) is 5.33. The van der Waals surface area contributed by atoms with E-state index in [0.717, 1.165) is 37.0 Å². The van der Waals surface area contributed by atoms with Crippen LogP contribution in [0.4, 0.5) is 0 Å². The van der Waals surface area contributed by atoms with E-state index in [1.807, 2.05) is 0 Å². The van der Waals surface area contributed by atoms with E-state index in [1.165, 1.54) is 31.4 Å². The third-order valence-electron chi connectivity index (χ3n) is 3.58. The van der Waals surface area contributed by atoms with Crippen molar-refractivity contribution in [2.24, 2.45) is 5.92 Å². The number of nitrogens with one attached hydrogen (secondary N) is 1. The van der Waals surface area contributed by atoms with E-state index in [2.05, 4.69) is 24.0 Å². The lowest BCUT2D eigenvalue weighted by molar-refractivity contribution is 0.0455. The summed E-state index contributed by atoms with van der Waals surface area (Å²) in [6.07, 6.45) is 5.67. The van der Waals surface area contributed by atoms with Gasteiger partial charge in [-0.25, -0.2) is 0 Å². The van der Waals surface area contributed by atoms with Gasteiger partial charge in [0, 0.05) is 6.04 Å². The first kappa shape index (κ1) is 11.7. The minimum absolute atomic E-state index is 0.809. The minimum Gasteiger partial charge on any atom is -0.379 e. The molecule has 2 fully saturated rings. The van der Waals surface area contributed by atoms with E-state index in [4.69, 9.17) is 4.74 Å². The number of hydrogen-bond donors (Lipinski definition) is 1. The third-order valence-corrected chi connectivity index (χ3v) is 4.79. The van der Waals surface area contributed by atoms with Crippen molar-refractivity contribution in [3.8, 4) is 0 Å². The van der Waals surface area contributed by atoms with Crippen molar-refractivity contribution >= 4 is 11.8 Å². The summed E-state index contributed by atoms with van der Waals surface area (Å²) in [5.41, 5.74) is 0. The molecule has 1 aliphatic carbocycles. The second-order valence-electron chi connectivity index (χ2n) is 4.67. The largest absolute Gasteiger partial charge is 0.379 e. The van der Waals surface area contributed by atoms with E-state index < -0.39 is 0 Å². The average molecular weight is 229 g/mol. The highest BCUT2D eigenvalue weighted by molar-refractivity contribution is 8.00. The molecule has 0 amide bonds. The Morgan fingerprint density at radius 2 is 2.20 bits per heavy atom. The van der Waals surface area contributed by atoms with Crippen molar-refractivity contribution in [3.63, 3.8) is 0 Å². The van der Waals surface area contributed by atoms with Crippen LogP contribution in [0.5, 0.6) is 0 Å². The Hall–Kier alpha value is 0.270. The van der Waals surface area contributed by atoms with Crippen LogP contribution in [0.1, 0.15) is 32.6 Å². The van der Waals surface area contributed by atoms with Gasteiger partial charge >= 0.3 is 0 Å². The first-order valence-corrected chi connectivity index (χ1v) is 7.37. The predicted molar refractivity (Wildman–Crippen MR) is 66.5 cm³/mol. The molecule has 0 bridgehead atoms. The highest BCUT2D eigenvalue weighted by Crippen LogP contribution is 2.30. The Bertz CT molecular complexity index is 184. The van der Waals surface area contributed by atoms with Crippen LogP contribution < -0.4 is 5.32 Å². The van der Waals surface area contributed by atoms with Crippen LogP contribution in [0, 0.1) is 5.92 Å². The molecule has 2 aliphatic rings. The van der Waals surface area contributed by atoms with Crippen LogP contribution in [0.3, 0.4) is 0 Å². The van der Waals surface area contributed by atoms with E-state index in [0.29, 0.717) is 0 Å². The van der Waals surface area contributed by atoms with Gasteiger partial charge in [0.2, 0.25) is 0 Å². The molecule has 1 aliphatic heterocycles. The predicted octanol–water partition coefficient (Wildman–Crippen LogP) is 2.29. The Kier molecular flexibility index (Phi) is 4.79. The molecule has 2 nitrogen and oxygen atoms in total. The van der Waals surface area contributed by atoms with Crippen LogP contribution in [0.2, 0.25) is 0 Å². The highest BCUT2D eigenvalue weighted by atomic mass is 32.2. The van der Waals surface area contributed by atoms with Gasteiger partial charge in [0.25, 0.3) is 0 Å². The molecule has 15 heavy (non-hydrogen) atoms. The monoisotopic (exact) mass is 229 g/mol. The van der Waals surface area contributed by atoms with Gasteiger partial charge in [0.15, 0.2) is 0 Å². The Balaban J connectivity index is 1.59. The molecule has 88 valence electrons. The molecular formula is C12H23NOS. The Labute approximate surface area is 97.5 Å². The third kappa shape index (κ3) is 3.36. The lowest BCUT2D eigenvalue weighted by Gasteiger charge is -2.26. The number of ether oxygens (including phenoxy) is 1. The summed E-state index contributed by atoms with van der Waals surface area (Å²) in [5, 5.41) is 4.44. The molecule has 1 saturated carbocycles. The Morgan fingerprint density at radius 3 is 2.87 bits per heavy atom. The van der Waals surface area contributed by atoms with Gasteiger partial charge in [-0.3, -0.25) is 0 Å². The number of thioether (sulfide) groups is 1. The van der Waals surface area contributed by atoms with Crippen molar-refractivity contribution in [3.05, 3.63) is 0 Å². The molecule has 0 aromatic heterocycles. The Morgan fingerprint density at radius 1 is 1.33 bits per heavy atom. The minimum atomic E-state index is 0.809. The molecule has 2 unspecified atom stereocenters. The van der Waals surface area contributed by atoms with Crippen LogP contribution in [-0.4, -0.2) is 36.8 Å². The first-order valence-electron chi connectivity index (χ1n) is 6.33. The van der Waals surface area contributed by atoms with Crippen molar-refractivity contribution in [1.29, 1.82) is 0 Å². The SMILES string of the molecule is CCNC1CCCC1CCSC1COC1. The lowest BCUT2D eigenvalue weighted by Crippen LogP contribution is -2.33. The lowest BCUT2D eigenvalue weighted by atomic mass is 10.0. The zero-order valence-corrected chi connectivity index (χ0v) is 10.5. The van der Waals surface area contributed by atoms with Gasteiger partial charge in [0.05, 0.1) is 18.5 Å². The van der Waals surface area contributed by atoms with Gasteiger partial charge < -0.3 is 10.1 Å². The summed E-state index contributed by atoms with van der Waals surface area (Å²) >= 11 is 2.12. The fraction of sp³-hybridized carbons (Fsp3) is 1.00. The molecule has 2 atom stereocenters. The zero-order valence-electron chi connectivity index (χ0n) is 9.71. The van der Waals surface area contributed by atoms with Crippen LogP contribution in [-0.2, 0) is 4.74 Å². The second-order valence-corrected chi connectivity index (χ2v) is 6.08. The van der Waals surface area contributed by atoms with Crippen LogP contribution in [0.25, 0.3) is 0 Å². The molecule has 1 heterocycles. The fourth-order valence-corrected chi connectivity index (χ4v) is 3.77. The summed E-state index contributed by atoms with van der Waals surface area (Å²) < 4.78 is 5.18. The topological polar surface area (TPSA) is 21.3 Å². The van der Waals surface area contributed by atoms with Crippen LogP contribution >= 0.6 is 11.8 Å². The van der Waals surface area contributed by atoms with Crippen molar-refractivity contribution in [1.82, 2.24) is 5.32 Å². The molecule has 0 aromatic carbocycles. The van der Waals surface area contributed by atoms with Gasteiger partial charge in [-0.1, -0.05) is 13.3 Å². The quantitative estimate of drug-likeness (QED) is 0.755. The standard InChI is InChI=1S/C12H23NOS/c1-2-13-12-5-3-4-10(12)6-7-15-11-8-14-9-11/h10-13H,2-9H2,1H3. The van der Waals surface area contributed by atoms with Crippen molar-refractivity contribution < 1.29 is 4.74 Å². The number of hydrogen-bond acceptors (Lipinski definition) is 3. The normalized spacial score (nSPS) is 31.8. The van der Waals surface area contributed by atoms with E-state index in [-0.39, 0.29) is 0 Å². The van der Waals surface area contributed by atoms with Gasteiger partial charge in [-0.2, -0.15) is 11.8 Å². The van der Waals surface area contributed by atoms with Crippen molar-refractivity contribution in [2.45, 2.75) is 43.9 Å². The van der Waals surface area contributed by atoms with E-state index >= 15 is 0 Å². The zero-order chi connectivity index (χ0) is 10.5. The maximum Gasteiger partial charge on any atom is 0.0607 e. The maximum absolute atomic E-state index is 5.18. The average Bonchev–Trinajstić information content (AvgIpc) is 2.58. The number of rotatable bonds is 6. The summed E-state index contributed by atoms with van der Waals surface area (Å²) in [7, 11) is 0. The van der Waals surface area contributed by atoms with Gasteiger partial charge in [-0.15, -0.1) is 0 Å². The molecule has 0 radical (unpaired) electrons. The molecule has 0 spiro atoms.